The van der Waals surface area contributed by atoms with Crippen LogP contribution in [0.2, 0.25) is 0 Å². The van der Waals surface area contributed by atoms with Crippen LogP contribution in [0.15, 0.2) is 40.3 Å². The lowest BCUT2D eigenvalue weighted by molar-refractivity contribution is -0.117. The third-order valence-electron chi connectivity index (χ3n) is 3.61. The summed E-state index contributed by atoms with van der Waals surface area (Å²) < 4.78 is 11.7. The van der Waals surface area contributed by atoms with Crippen molar-refractivity contribution < 1.29 is 13.6 Å². The van der Waals surface area contributed by atoms with Crippen molar-refractivity contribution in [3.8, 4) is 0 Å². The van der Waals surface area contributed by atoms with Gasteiger partial charge in [0.15, 0.2) is 12.8 Å². The summed E-state index contributed by atoms with van der Waals surface area (Å²) in [6, 6.07) is 0. The number of aromatic nitrogens is 4. The van der Waals surface area contributed by atoms with Gasteiger partial charge in [-0.2, -0.15) is 5.10 Å². The molecule has 0 saturated carbocycles. The molecule has 0 atom stereocenters. The minimum atomic E-state index is -0.141. The summed E-state index contributed by atoms with van der Waals surface area (Å²) in [6.45, 7) is 2.99. The Kier molecular flexibility index (Phi) is 4.71. The van der Waals surface area contributed by atoms with Crippen LogP contribution in [-0.2, 0) is 24.9 Å². The van der Waals surface area contributed by atoms with Crippen molar-refractivity contribution in [3.05, 3.63) is 48.6 Å². The summed E-state index contributed by atoms with van der Waals surface area (Å²) >= 11 is 0. The van der Waals surface area contributed by atoms with Crippen molar-refractivity contribution in [2.75, 3.05) is 11.9 Å². The number of oxazole rings is 2. The molecule has 0 radical (unpaired) electrons. The van der Waals surface area contributed by atoms with Crippen LogP contribution < -0.4 is 5.32 Å². The minimum absolute atomic E-state index is 0.141. The monoisotopic (exact) mass is 330 g/mol. The van der Waals surface area contributed by atoms with E-state index in [9.17, 15) is 4.79 Å². The van der Waals surface area contributed by atoms with E-state index in [0.29, 0.717) is 18.8 Å². The van der Waals surface area contributed by atoms with Gasteiger partial charge in [0.25, 0.3) is 0 Å². The number of anilines is 1. The standard InChI is InChI=1S/C15H18N6O3/c1-11-14(3-18-20(11)2)19-15(22)6-21(4-12-7-23-9-16-12)5-13-8-24-10-17-13/h3,7-10H,4-6H2,1-2H3,(H,19,22). The average Bonchev–Trinajstić information content (AvgIpc) is 3.28. The molecule has 0 fully saturated rings. The summed E-state index contributed by atoms with van der Waals surface area (Å²) in [5.74, 6) is -0.141. The highest BCUT2D eigenvalue weighted by Gasteiger charge is 2.16. The van der Waals surface area contributed by atoms with Crippen LogP contribution in [0, 0.1) is 6.92 Å². The Bertz CT molecular complexity index is 742. The normalized spacial score (nSPS) is 11.1. The Morgan fingerprint density at radius 1 is 1.21 bits per heavy atom. The van der Waals surface area contributed by atoms with Gasteiger partial charge in [-0.3, -0.25) is 14.4 Å². The van der Waals surface area contributed by atoms with Crippen molar-refractivity contribution in [2.24, 2.45) is 7.05 Å². The lowest BCUT2D eigenvalue weighted by Crippen LogP contribution is -2.32. The maximum Gasteiger partial charge on any atom is 0.238 e. The second-order valence-electron chi connectivity index (χ2n) is 5.42. The molecular formula is C15H18N6O3. The maximum atomic E-state index is 12.4. The first-order valence-electron chi connectivity index (χ1n) is 7.36. The molecule has 3 aromatic rings. The third-order valence-corrected chi connectivity index (χ3v) is 3.61. The van der Waals surface area contributed by atoms with E-state index in [0.717, 1.165) is 17.1 Å². The molecule has 1 amide bonds. The second kappa shape index (κ2) is 7.09. The minimum Gasteiger partial charge on any atom is -0.451 e. The first kappa shape index (κ1) is 15.9. The fourth-order valence-electron chi connectivity index (χ4n) is 2.27. The van der Waals surface area contributed by atoms with E-state index in [1.54, 1.807) is 23.4 Å². The number of nitrogens with zero attached hydrogens (tertiary/aromatic N) is 5. The average molecular weight is 330 g/mol. The first-order valence-corrected chi connectivity index (χ1v) is 7.36. The molecule has 1 N–H and O–H groups in total. The number of aryl methyl sites for hydroxylation is 1. The summed E-state index contributed by atoms with van der Waals surface area (Å²) in [7, 11) is 1.83. The van der Waals surface area contributed by atoms with Gasteiger partial charge >= 0.3 is 0 Å². The van der Waals surface area contributed by atoms with Crippen LogP contribution in [0.25, 0.3) is 0 Å². The molecule has 3 rings (SSSR count). The summed E-state index contributed by atoms with van der Waals surface area (Å²) in [4.78, 5) is 22.5. The molecule has 9 nitrogen and oxygen atoms in total. The van der Waals surface area contributed by atoms with Gasteiger partial charge in [0.05, 0.1) is 35.5 Å². The van der Waals surface area contributed by atoms with Gasteiger partial charge in [0, 0.05) is 20.1 Å². The Hall–Kier alpha value is -2.94. The van der Waals surface area contributed by atoms with Crippen molar-refractivity contribution >= 4 is 11.6 Å². The van der Waals surface area contributed by atoms with Crippen LogP contribution in [0.3, 0.4) is 0 Å². The lowest BCUT2D eigenvalue weighted by Gasteiger charge is -2.19. The molecule has 0 unspecified atom stereocenters. The molecule has 0 aromatic carbocycles. The quantitative estimate of drug-likeness (QED) is 0.697. The van der Waals surface area contributed by atoms with Crippen LogP contribution in [0.5, 0.6) is 0 Å². The maximum absolute atomic E-state index is 12.4. The first-order chi connectivity index (χ1) is 11.6. The highest BCUT2D eigenvalue weighted by Crippen LogP contribution is 2.13. The number of amides is 1. The number of rotatable bonds is 7. The van der Waals surface area contributed by atoms with E-state index >= 15 is 0 Å². The van der Waals surface area contributed by atoms with Gasteiger partial charge in [-0.15, -0.1) is 0 Å². The van der Waals surface area contributed by atoms with Crippen molar-refractivity contribution in [1.29, 1.82) is 0 Å². The zero-order chi connectivity index (χ0) is 16.9. The molecular weight excluding hydrogens is 312 g/mol. The molecule has 0 aliphatic carbocycles. The number of nitrogens with one attached hydrogen (secondary N) is 1. The Labute approximate surface area is 138 Å². The van der Waals surface area contributed by atoms with E-state index in [-0.39, 0.29) is 12.5 Å². The van der Waals surface area contributed by atoms with Crippen molar-refractivity contribution in [3.63, 3.8) is 0 Å². The molecule has 126 valence electrons. The van der Waals surface area contributed by atoms with Gasteiger partial charge in [-0.05, 0) is 6.92 Å². The number of carbonyl (C=O) groups is 1. The van der Waals surface area contributed by atoms with Gasteiger partial charge in [-0.25, -0.2) is 9.97 Å². The summed E-state index contributed by atoms with van der Waals surface area (Å²) in [5, 5.41) is 6.98. The number of hydrogen-bond donors (Lipinski definition) is 1. The van der Waals surface area contributed by atoms with Crippen molar-refractivity contribution in [2.45, 2.75) is 20.0 Å². The van der Waals surface area contributed by atoms with Gasteiger partial charge in [0.2, 0.25) is 5.91 Å². The van der Waals surface area contributed by atoms with E-state index in [2.05, 4.69) is 20.4 Å². The van der Waals surface area contributed by atoms with E-state index in [1.165, 1.54) is 12.8 Å². The summed E-state index contributed by atoms with van der Waals surface area (Å²) in [6.07, 6.45) is 7.47. The molecule has 0 spiro atoms. The second-order valence-corrected chi connectivity index (χ2v) is 5.42. The van der Waals surface area contributed by atoms with E-state index in [1.807, 2.05) is 18.9 Å². The molecule has 3 aromatic heterocycles. The molecule has 24 heavy (non-hydrogen) atoms. The smallest absolute Gasteiger partial charge is 0.238 e. The molecule has 0 aliphatic heterocycles. The highest BCUT2D eigenvalue weighted by molar-refractivity contribution is 5.92. The molecule has 0 saturated heterocycles. The predicted octanol–water partition coefficient (Wildman–Crippen LogP) is 1.35. The Balaban J connectivity index is 1.65. The Morgan fingerprint density at radius 2 is 1.83 bits per heavy atom. The Morgan fingerprint density at radius 3 is 2.29 bits per heavy atom. The van der Waals surface area contributed by atoms with Gasteiger partial charge in [-0.1, -0.05) is 0 Å². The number of hydrogen-bond acceptors (Lipinski definition) is 7. The molecule has 0 bridgehead atoms. The zero-order valence-corrected chi connectivity index (χ0v) is 13.5. The van der Waals surface area contributed by atoms with Gasteiger partial charge < -0.3 is 14.2 Å². The van der Waals surface area contributed by atoms with Crippen LogP contribution >= 0.6 is 0 Å². The van der Waals surface area contributed by atoms with Crippen LogP contribution in [-0.4, -0.2) is 37.1 Å². The largest absolute Gasteiger partial charge is 0.451 e. The zero-order valence-electron chi connectivity index (χ0n) is 13.5. The lowest BCUT2D eigenvalue weighted by atomic mass is 10.3. The SMILES string of the molecule is Cc1c(NC(=O)CN(Cc2cocn2)Cc2cocn2)cnn1C. The van der Waals surface area contributed by atoms with E-state index in [4.69, 9.17) is 8.83 Å². The highest BCUT2D eigenvalue weighted by atomic mass is 16.3. The fraction of sp³-hybridized carbons (Fsp3) is 0.333. The fourth-order valence-corrected chi connectivity index (χ4v) is 2.27. The topological polar surface area (TPSA) is 102 Å². The van der Waals surface area contributed by atoms with Crippen molar-refractivity contribution in [1.82, 2.24) is 24.6 Å². The summed E-state index contributed by atoms with van der Waals surface area (Å²) in [5.41, 5.74) is 3.07. The third kappa shape index (κ3) is 3.87. The molecule has 3 heterocycles. The van der Waals surface area contributed by atoms with Crippen LogP contribution in [0.4, 0.5) is 5.69 Å². The predicted molar refractivity (Wildman–Crippen MR) is 83.7 cm³/mol. The number of carbonyl (C=O) groups excluding carboxylic acids is 1. The van der Waals surface area contributed by atoms with E-state index < -0.39 is 0 Å². The molecule has 9 heteroatoms. The molecule has 0 aliphatic rings. The van der Waals surface area contributed by atoms with Crippen LogP contribution in [0.1, 0.15) is 17.1 Å². The van der Waals surface area contributed by atoms with Gasteiger partial charge in [0.1, 0.15) is 12.5 Å².